The molecule has 0 radical (unpaired) electrons. The summed E-state index contributed by atoms with van der Waals surface area (Å²) in [5.41, 5.74) is 2.06. The second kappa shape index (κ2) is 7.47. The Hall–Kier alpha value is -3.14. The number of hydrogen-bond acceptors (Lipinski definition) is 4. The minimum absolute atomic E-state index is 0.343. The fourth-order valence-electron chi connectivity index (χ4n) is 4.15. The quantitative estimate of drug-likeness (QED) is 0.491. The lowest BCUT2D eigenvalue weighted by Gasteiger charge is -2.33. The number of anilines is 2. The van der Waals surface area contributed by atoms with Gasteiger partial charge in [-0.25, -0.2) is 9.97 Å². The van der Waals surface area contributed by atoms with E-state index in [1.54, 1.807) is 0 Å². The van der Waals surface area contributed by atoms with Crippen LogP contribution in [0.5, 0.6) is 0 Å². The molecule has 28 heavy (non-hydrogen) atoms. The number of benzene rings is 2. The van der Waals surface area contributed by atoms with Crippen LogP contribution in [-0.4, -0.2) is 22.1 Å². The van der Waals surface area contributed by atoms with Gasteiger partial charge in [-0.05, 0) is 49.2 Å². The first-order valence-electron chi connectivity index (χ1n) is 10.1. The minimum atomic E-state index is 0.343. The number of rotatable bonds is 4. The summed E-state index contributed by atoms with van der Waals surface area (Å²) in [6.45, 7) is 0. The number of para-hydroxylation sites is 2. The molecule has 2 aromatic carbocycles. The Morgan fingerprint density at radius 1 is 0.571 bits per heavy atom. The Morgan fingerprint density at radius 3 is 1.54 bits per heavy atom. The summed E-state index contributed by atoms with van der Waals surface area (Å²) >= 11 is 0. The molecule has 140 valence electrons. The maximum Gasteiger partial charge on any atom is 0.126 e. The molecule has 2 heterocycles. The summed E-state index contributed by atoms with van der Waals surface area (Å²) in [5.74, 6) is 1.90. The van der Waals surface area contributed by atoms with Crippen molar-refractivity contribution in [3.05, 3.63) is 72.8 Å². The van der Waals surface area contributed by atoms with Crippen molar-refractivity contribution in [2.24, 2.45) is 0 Å². The Balaban J connectivity index is 1.36. The molecule has 2 N–H and O–H groups in total. The molecule has 1 saturated carbocycles. The molecule has 0 bridgehead atoms. The van der Waals surface area contributed by atoms with Gasteiger partial charge in [0.1, 0.15) is 11.6 Å². The lowest BCUT2D eigenvalue weighted by Crippen LogP contribution is -2.42. The fraction of sp³-hybridized carbons (Fsp3) is 0.250. The molecule has 4 nitrogen and oxygen atoms in total. The van der Waals surface area contributed by atoms with Crippen molar-refractivity contribution in [3.8, 4) is 0 Å². The maximum absolute atomic E-state index is 4.80. The highest BCUT2D eigenvalue weighted by atomic mass is 15.1. The van der Waals surface area contributed by atoms with Crippen molar-refractivity contribution in [2.45, 2.75) is 37.8 Å². The van der Waals surface area contributed by atoms with Gasteiger partial charge < -0.3 is 10.6 Å². The lowest BCUT2D eigenvalue weighted by molar-refractivity contribution is 0.422. The molecule has 5 rings (SSSR count). The number of nitrogens with one attached hydrogen (secondary N) is 2. The van der Waals surface area contributed by atoms with E-state index in [0.717, 1.165) is 35.5 Å². The van der Waals surface area contributed by atoms with E-state index in [-0.39, 0.29) is 0 Å². The number of hydrogen-bond donors (Lipinski definition) is 2. The summed E-state index contributed by atoms with van der Waals surface area (Å²) in [6, 6.07) is 25.6. The third kappa shape index (κ3) is 3.50. The fourth-order valence-corrected chi connectivity index (χ4v) is 4.15. The van der Waals surface area contributed by atoms with Gasteiger partial charge in [-0.2, -0.15) is 0 Å². The van der Waals surface area contributed by atoms with Gasteiger partial charge in [-0.3, -0.25) is 0 Å². The van der Waals surface area contributed by atoms with Crippen LogP contribution in [0.15, 0.2) is 72.8 Å². The highest BCUT2D eigenvalue weighted by molar-refractivity contribution is 5.81. The monoisotopic (exact) mass is 368 g/mol. The molecule has 1 aliphatic rings. The molecule has 4 aromatic rings. The molecule has 1 unspecified atom stereocenters. The Morgan fingerprint density at radius 2 is 1.04 bits per heavy atom. The van der Waals surface area contributed by atoms with Crippen LogP contribution in [-0.2, 0) is 0 Å². The van der Waals surface area contributed by atoms with Crippen LogP contribution in [0, 0.1) is 0 Å². The first kappa shape index (κ1) is 17.0. The van der Waals surface area contributed by atoms with Gasteiger partial charge in [0.15, 0.2) is 0 Å². The van der Waals surface area contributed by atoms with Gasteiger partial charge in [0.05, 0.1) is 11.0 Å². The van der Waals surface area contributed by atoms with Crippen LogP contribution in [0.1, 0.15) is 25.7 Å². The summed E-state index contributed by atoms with van der Waals surface area (Å²) in [7, 11) is 0. The number of pyridine rings is 2. The zero-order valence-electron chi connectivity index (χ0n) is 15.8. The zero-order valence-corrected chi connectivity index (χ0v) is 15.8. The van der Waals surface area contributed by atoms with E-state index in [0.29, 0.717) is 12.1 Å². The Labute approximate surface area is 165 Å². The van der Waals surface area contributed by atoms with Gasteiger partial charge in [0.25, 0.3) is 0 Å². The molecule has 0 spiro atoms. The van der Waals surface area contributed by atoms with Crippen molar-refractivity contribution < 1.29 is 0 Å². The SMILES string of the molecule is c1ccc2nc(NC3CCCC[C@H]3Nc3ccc4ccccc4n3)ccc2c1. The molecular weight excluding hydrogens is 344 g/mol. The average Bonchev–Trinajstić information content (AvgIpc) is 2.75. The second-order valence-corrected chi connectivity index (χ2v) is 7.56. The largest absolute Gasteiger partial charge is 0.365 e. The van der Waals surface area contributed by atoms with Gasteiger partial charge in [-0.1, -0.05) is 49.2 Å². The predicted octanol–water partition coefficient (Wildman–Crippen LogP) is 5.62. The normalized spacial score (nSPS) is 19.6. The van der Waals surface area contributed by atoms with E-state index >= 15 is 0 Å². The molecule has 0 amide bonds. The van der Waals surface area contributed by atoms with Crippen molar-refractivity contribution >= 4 is 33.4 Å². The van der Waals surface area contributed by atoms with E-state index in [1.165, 1.54) is 23.6 Å². The van der Waals surface area contributed by atoms with Gasteiger partial charge in [0.2, 0.25) is 0 Å². The Bertz CT molecular complexity index is 1020. The topological polar surface area (TPSA) is 49.8 Å². The molecule has 1 aliphatic carbocycles. The third-order valence-electron chi connectivity index (χ3n) is 5.63. The van der Waals surface area contributed by atoms with E-state index in [2.05, 4.69) is 71.3 Å². The molecule has 0 saturated heterocycles. The van der Waals surface area contributed by atoms with Crippen LogP contribution >= 0.6 is 0 Å². The average molecular weight is 368 g/mol. The summed E-state index contributed by atoms with van der Waals surface area (Å²) in [4.78, 5) is 9.59. The van der Waals surface area contributed by atoms with Gasteiger partial charge >= 0.3 is 0 Å². The first-order valence-corrected chi connectivity index (χ1v) is 10.1. The van der Waals surface area contributed by atoms with Crippen LogP contribution in [0.3, 0.4) is 0 Å². The van der Waals surface area contributed by atoms with Crippen LogP contribution < -0.4 is 10.6 Å². The maximum atomic E-state index is 4.80. The summed E-state index contributed by atoms with van der Waals surface area (Å²) < 4.78 is 0. The highest BCUT2D eigenvalue weighted by Crippen LogP contribution is 2.26. The van der Waals surface area contributed by atoms with E-state index in [1.807, 2.05) is 12.1 Å². The van der Waals surface area contributed by atoms with Crippen LogP contribution in [0.25, 0.3) is 21.8 Å². The van der Waals surface area contributed by atoms with Crippen LogP contribution in [0.4, 0.5) is 11.6 Å². The van der Waals surface area contributed by atoms with Crippen molar-refractivity contribution in [1.29, 1.82) is 0 Å². The van der Waals surface area contributed by atoms with Gasteiger partial charge in [0, 0.05) is 22.9 Å². The molecule has 2 atom stereocenters. The smallest absolute Gasteiger partial charge is 0.126 e. The third-order valence-corrected chi connectivity index (χ3v) is 5.63. The lowest BCUT2D eigenvalue weighted by atomic mass is 9.90. The molecule has 4 heteroatoms. The molecular formula is C24H24N4. The molecule has 2 aromatic heterocycles. The predicted molar refractivity (Wildman–Crippen MR) is 117 cm³/mol. The summed E-state index contributed by atoms with van der Waals surface area (Å²) in [6.07, 6.45) is 4.77. The highest BCUT2D eigenvalue weighted by Gasteiger charge is 2.25. The number of nitrogens with zero attached hydrogens (tertiary/aromatic N) is 2. The van der Waals surface area contributed by atoms with Crippen molar-refractivity contribution in [3.63, 3.8) is 0 Å². The number of fused-ring (bicyclic) bond motifs is 2. The molecule has 0 aliphatic heterocycles. The number of aromatic nitrogens is 2. The second-order valence-electron chi connectivity index (χ2n) is 7.56. The molecule has 1 fully saturated rings. The Kier molecular flexibility index (Phi) is 4.53. The van der Waals surface area contributed by atoms with Gasteiger partial charge in [-0.15, -0.1) is 0 Å². The van der Waals surface area contributed by atoms with E-state index in [9.17, 15) is 0 Å². The minimum Gasteiger partial charge on any atom is -0.365 e. The first-order chi connectivity index (χ1) is 13.8. The van der Waals surface area contributed by atoms with E-state index in [4.69, 9.17) is 9.97 Å². The summed E-state index contributed by atoms with van der Waals surface area (Å²) in [5, 5.41) is 9.70. The van der Waals surface area contributed by atoms with E-state index < -0.39 is 0 Å². The van der Waals surface area contributed by atoms with Crippen molar-refractivity contribution in [1.82, 2.24) is 9.97 Å². The van der Waals surface area contributed by atoms with Crippen molar-refractivity contribution in [2.75, 3.05) is 10.6 Å². The standard InChI is InChI=1S/C24H24N4/c1-3-9-19-17(7-1)13-15-23(25-19)27-21-11-5-6-12-22(21)28-24-16-14-18-8-2-4-10-20(18)26-24/h1-4,7-10,13-16,21-22H,5-6,11-12H2,(H,25,27)(H,26,28)/t21-,22?/m1/s1. The van der Waals surface area contributed by atoms with Crippen LogP contribution in [0.2, 0.25) is 0 Å². The zero-order chi connectivity index (χ0) is 18.8.